The number of rotatable bonds is 6. The fraction of sp³-hybridized carbons (Fsp3) is 0.350. The zero-order valence-electron chi connectivity index (χ0n) is 15.0. The highest BCUT2D eigenvalue weighted by atomic mass is 19.4. The van der Waals surface area contributed by atoms with E-state index < -0.39 is 11.7 Å². The molecular formula is C20H22F3NO2. The van der Waals surface area contributed by atoms with Crippen molar-refractivity contribution in [2.75, 3.05) is 6.61 Å². The molecule has 1 atom stereocenters. The maximum Gasteiger partial charge on any atom is 0.416 e. The van der Waals surface area contributed by atoms with Gasteiger partial charge in [-0.15, -0.1) is 0 Å². The number of benzene rings is 2. The minimum absolute atomic E-state index is 0.00883. The summed E-state index contributed by atoms with van der Waals surface area (Å²) in [4.78, 5) is 12.2. The van der Waals surface area contributed by atoms with Gasteiger partial charge >= 0.3 is 6.18 Å². The third kappa shape index (κ3) is 5.25. The SMILES string of the molecule is CC[C@H](NC(=O)COc1cccc(C(F)(F)F)c1)c1ccc(C)cc1C. The van der Waals surface area contributed by atoms with Gasteiger partial charge in [-0.2, -0.15) is 13.2 Å². The molecule has 1 N–H and O–H groups in total. The summed E-state index contributed by atoms with van der Waals surface area (Å²) < 4.78 is 43.3. The summed E-state index contributed by atoms with van der Waals surface area (Å²) in [5, 5.41) is 2.87. The number of aryl methyl sites for hydroxylation is 2. The van der Waals surface area contributed by atoms with Crippen LogP contribution in [0, 0.1) is 13.8 Å². The standard InChI is InChI=1S/C20H22F3NO2/c1-4-18(17-9-8-13(2)10-14(17)3)24-19(25)12-26-16-7-5-6-15(11-16)20(21,22)23/h5-11,18H,4,12H2,1-3H3,(H,24,25)/t18-/m0/s1. The fourth-order valence-corrected chi connectivity index (χ4v) is 2.76. The molecule has 0 saturated heterocycles. The summed E-state index contributed by atoms with van der Waals surface area (Å²) in [7, 11) is 0. The van der Waals surface area contributed by atoms with Crippen molar-refractivity contribution in [1.29, 1.82) is 0 Å². The number of ether oxygens (including phenoxy) is 1. The summed E-state index contributed by atoms with van der Waals surface area (Å²) >= 11 is 0. The first kappa shape index (κ1) is 19.8. The Hall–Kier alpha value is -2.50. The number of amides is 1. The molecule has 0 spiro atoms. The molecule has 1 amide bonds. The average molecular weight is 365 g/mol. The summed E-state index contributed by atoms with van der Waals surface area (Å²) in [6, 6.07) is 10.3. The number of carbonyl (C=O) groups excluding carboxylic acids is 1. The molecule has 0 aliphatic carbocycles. The molecule has 6 heteroatoms. The molecule has 0 aromatic heterocycles. The van der Waals surface area contributed by atoms with E-state index in [1.54, 1.807) is 0 Å². The lowest BCUT2D eigenvalue weighted by Gasteiger charge is -2.20. The fourth-order valence-electron chi connectivity index (χ4n) is 2.76. The average Bonchev–Trinajstić information content (AvgIpc) is 2.58. The summed E-state index contributed by atoms with van der Waals surface area (Å²) in [6.45, 7) is 5.59. The lowest BCUT2D eigenvalue weighted by atomic mass is 9.97. The van der Waals surface area contributed by atoms with Gasteiger partial charge in [-0.3, -0.25) is 4.79 Å². The molecule has 2 aromatic carbocycles. The largest absolute Gasteiger partial charge is 0.484 e. The number of alkyl halides is 3. The Morgan fingerprint density at radius 3 is 2.50 bits per heavy atom. The van der Waals surface area contributed by atoms with Crippen molar-refractivity contribution in [3.63, 3.8) is 0 Å². The van der Waals surface area contributed by atoms with Gasteiger partial charge in [0, 0.05) is 0 Å². The minimum atomic E-state index is -4.45. The predicted octanol–water partition coefficient (Wildman–Crippen LogP) is 4.97. The van der Waals surface area contributed by atoms with Crippen molar-refractivity contribution in [3.8, 4) is 5.75 Å². The van der Waals surface area contributed by atoms with E-state index in [0.717, 1.165) is 28.8 Å². The first-order chi connectivity index (χ1) is 12.2. The predicted molar refractivity (Wildman–Crippen MR) is 94.0 cm³/mol. The molecule has 26 heavy (non-hydrogen) atoms. The molecule has 0 aliphatic rings. The van der Waals surface area contributed by atoms with E-state index in [4.69, 9.17) is 4.74 Å². The summed E-state index contributed by atoms with van der Waals surface area (Å²) in [6.07, 6.45) is -3.75. The number of carbonyl (C=O) groups is 1. The van der Waals surface area contributed by atoms with Gasteiger partial charge in [0.2, 0.25) is 0 Å². The topological polar surface area (TPSA) is 38.3 Å². The lowest BCUT2D eigenvalue weighted by molar-refractivity contribution is -0.137. The number of nitrogens with one attached hydrogen (secondary N) is 1. The van der Waals surface area contributed by atoms with Gasteiger partial charge in [0.1, 0.15) is 5.75 Å². The molecule has 0 aliphatic heterocycles. The first-order valence-electron chi connectivity index (χ1n) is 8.37. The smallest absolute Gasteiger partial charge is 0.416 e. The number of hydrogen-bond donors (Lipinski definition) is 1. The van der Waals surface area contributed by atoms with Crippen LogP contribution in [0.4, 0.5) is 13.2 Å². The highest BCUT2D eigenvalue weighted by molar-refractivity contribution is 5.78. The van der Waals surface area contributed by atoms with E-state index in [1.807, 2.05) is 39.0 Å². The van der Waals surface area contributed by atoms with Crippen LogP contribution in [0.3, 0.4) is 0 Å². The molecule has 3 nitrogen and oxygen atoms in total. The van der Waals surface area contributed by atoms with Crippen LogP contribution in [0.1, 0.15) is 41.6 Å². The quantitative estimate of drug-likeness (QED) is 0.785. The maximum absolute atomic E-state index is 12.7. The van der Waals surface area contributed by atoms with E-state index in [2.05, 4.69) is 5.32 Å². The van der Waals surface area contributed by atoms with E-state index in [1.165, 1.54) is 12.1 Å². The zero-order chi connectivity index (χ0) is 19.3. The van der Waals surface area contributed by atoms with Crippen molar-refractivity contribution < 1.29 is 22.7 Å². The van der Waals surface area contributed by atoms with Crippen LogP contribution in [0.25, 0.3) is 0 Å². The molecule has 2 aromatic rings. The van der Waals surface area contributed by atoms with Gasteiger partial charge in [0.05, 0.1) is 11.6 Å². The highest BCUT2D eigenvalue weighted by Crippen LogP contribution is 2.31. The van der Waals surface area contributed by atoms with Gasteiger partial charge in [-0.1, -0.05) is 36.8 Å². The van der Waals surface area contributed by atoms with Crippen molar-refractivity contribution in [3.05, 3.63) is 64.7 Å². The number of halogens is 3. The Morgan fingerprint density at radius 2 is 1.88 bits per heavy atom. The maximum atomic E-state index is 12.7. The van der Waals surface area contributed by atoms with E-state index >= 15 is 0 Å². The highest BCUT2D eigenvalue weighted by Gasteiger charge is 2.30. The summed E-state index contributed by atoms with van der Waals surface area (Å²) in [5.74, 6) is -0.372. The van der Waals surface area contributed by atoms with Crippen LogP contribution >= 0.6 is 0 Å². The second-order valence-electron chi connectivity index (χ2n) is 6.20. The van der Waals surface area contributed by atoms with Gasteiger partial charge in [0.15, 0.2) is 6.61 Å². The van der Waals surface area contributed by atoms with Crippen molar-refractivity contribution >= 4 is 5.91 Å². The molecular weight excluding hydrogens is 343 g/mol. The van der Waals surface area contributed by atoms with Crippen molar-refractivity contribution in [2.45, 2.75) is 39.4 Å². The normalized spacial score (nSPS) is 12.5. The Balaban J connectivity index is 1.99. The molecule has 0 bridgehead atoms. The van der Waals surface area contributed by atoms with Crippen LogP contribution in [-0.2, 0) is 11.0 Å². The Morgan fingerprint density at radius 1 is 1.15 bits per heavy atom. The Kier molecular flexibility index (Phi) is 6.29. The van der Waals surface area contributed by atoms with Crippen LogP contribution in [0.15, 0.2) is 42.5 Å². The van der Waals surface area contributed by atoms with Crippen molar-refractivity contribution in [2.24, 2.45) is 0 Å². The molecule has 0 saturated carbocycles. The second-order valence-corrected chi connectivity index (χ2v) is 6.20. The van der Waals surface area contributed by atoms with Gasteiger partial charge in [0.25, 0.3) is 5.91 Å². The molecule has 0 radical (unpaired) electrons. The van der Waals surface area contributed by atoms with E-state index in [-0.39, 0.29) is 24.3 Å². The summed E-state index contributed by atoms with van der Waals surface area (Å²) in [5.41, 5.74) is 2.43. The Bertz CT molecular complexity index is 772. The zero-order valence-corrected chi connectivity index (χ0v) is 15.0. The second kappa shape index (κ2) is 8.25. The van der Waals surface area contributed by atoms with Gasteiger partial charge in [-0.25, -0.2) is 0 Å². The molecule has 0 fully saturated rings. The molecule has 140 valence electrons. The third-order valence-corrected chi connectivity index (χ3v) is 4.08. The van der Waals surface area contributed by atoms with Crippen LogP contribution in [0.2, 0.25) is 0 Å². The van der Waals surface area contributed by atoms with E-state index in [0.29, 0.717) is 6.42 Å². The van der Waals surface area contributed by atoms with Crippen LogP contribution in [-0.4, -0.2) is 12.5 Å². The molecule has 0 heterocycles. The lowest BCUT2D eigenvalue weighted by Crippen LogP contribution is -2.32. The van der Waals surface area contributed by atoms with Crippen LogP contribution in [0.5, 0.6) is 5.75 Å². The molecule has 2 rings (SSSR count). The first-order valence-corrected chi connectivity index (χ1v) is 8.37. The molecule has 0 unspecified atom stereocenters. The van der Waals surface area contributed by atoms with Gasteiger partial charge in [-0.05, 0) is 49.6 Å². The Labute approximate surface area is 151 Å². The van der Waals surface area contributed by atoms with Gasteiger partial charge < -0.3 is 10.1 Å². The monoisotopic (exact) mass is 365 g/mol. The minimum Gasteiger partial charge on any atom is -0.484 e. The number of hydrogen-bond acceptors (Lipinski definition) is 2. The van der Waals surface area contributed by atoms with Crippen LogP contribution < -0.4 is 10.1 Å². The third-order valence-electron chi connectivity index (χ3n) is 4.08. The van der Waals surface area contributed by atoms with Crippen molar-refractivity contribution in [1.82, 2.24) is 5.32 Å². The van der Waals surface area contributed by atoms with E-state index in [9.17, 15) is 18.0 Å².